The fourth-order valence-electron chi connectivity index (χ4n) is 2.55. The summed E-state index contributed by atoms with van der Waals surface area (Å²) in [4.78, 5) is 30.8. The number of hydrogen-bond acceptors (Lipinski definition) is 8. The van der Waals surface area contributed by atoms with E-state index in [9.17, 15) is 9.59 Å². The van der Waals surface area contributed by atoms with Crippen LogP contribution in [0.25, 0.3) is 11.6 Å². The van der Waals surface area contributed by atoms with E-state index in [1.54, 1.807) is 33.3 Å². The van der Waals surface area contributed by atoms with E-state index < -0.39 is 0 Å². The minimum absolute atomic E-state index is 0.0943. The molecule has 3 rings (SSSR count). The first-order valence-corrected chi connectivity index (χ1v) is 10.7. The Morgan fingerprint density at radius 3 is 2.72 bits per heavy atom. The van der Waals surface area contributed by atoms with Crippen molar-refractivity contribution in [2.45, 2.75) is 32.0 Å². The number of hydrogen-bond donors (Lipinski definition) is 1. The lowest BCUT2D eigenvalue weighted by Gasteiger charge is -2.12. The van der Waals surface area contributed by atoms with Crippen molar-refractivity contribution in [3.05, 3.63) is 29.0 Å². The number of carbonyl (C=O) groups excluding carboxylic acids is 2. The zero-order valence-electron chi connectivity index (χ0n) is 16.8. The molecule has 0 radical (unpaired) electrons. The Bertz CT molecular complexity index is 1010. The summed E-state index contributed by atoms with van der Waals surface area (Å²) in [5.41, 5.74) is 0.597. The zero-order valence-corrected chi connectivity index (χ0v) is 18.4. The SMILES string of the molecule is Cc1nc(NC(=O)CSc2nnc(-c3ccco3)n2C(C)C)sc1C(=O)N(C)C. The number of aryl methyl sites for hydroxylation is 1. The Balaban J connectivity index is 1.67. The van der Waals surface area contributed by atoms with Crippen molar-refractivity contribution < 1.29 is 14.0 Å². The van der Waals surface area contributed by atoms with E-state index in [4.69, 9.17) is 4.42 Å². The van der Waals surface area contributed by atoms with Crippen LogP contribution < -0.4 is 5.32 Å². The molecule has 2 amide bonds. The molecule has 0 aliphatic rings. The Morgan fingerprint density at radius 1 is 1.34 bits per heavy atom. The average Bonchev–Trinajstić information content (AvgIpc) is 3.38. The lowest BCUT2D eigenvalue weighted by atomic mass is 10.3. The summed E-state index contributed by atoms with van der Waals surface area (Å²) in [6.45, 7) is 5.78. The number of aromatic nitrogens is 4. The van der Waals surface area contributed by atoms with Gasteiger partial charge in [-0.3, -0.25) is 14.2 Å². The smallest absolute Gasteiger partial charge is 0.265 e. The van der Waals surface area contributed by atoms with Crippen LogP contribution in [0.5, 0.6) is 0 Å². The van der Waals surface area contributed by atoms with Gasteiger partial charge in [0.25, 0.3) is 5.91 Å². The predicted molar refractivity (Wildman–Crippen MR) is 112 cm³/mol. The van der Waals surface area contributed by atoms with Gasteiger partial charge < -0.3 is 14.6 Å². The maximum atomic E-state index is 12.4. The monoisotopic (exact) mass is 434 g/mol. The van der Waals surface area contributed by atoms with Crippen LogP contribution in [0.2, 0.25) is 0 Å². The Kier molecular flexibility index (Phi) is 6.38. The summed E-state index contributed by atoms with van der Waals surface area (Å²) in [6, 6.07) is 3.71. The van der Waals surface area contributed by atoms with Crippen LogP contribution in [-0.4, -0.2) is 56.3 Å². The quantitative estimate of drug-likeness (QED) is 0.569. The van der Waals surface area contributed by atoms with E-state index in [1.165, 1.54) is 28.0 Å². The van der Waals surface area contributed by atoms with Gasteiger partial charge in [-0.2, -0.15) is 0 Å². The van der Waals surface area contributed by atoms with Gasteiger partial charge in [0, 0.05) is 20.1 Å². The lowest BCUT2D eigenvalue weighted by molar-refractivity contribution is -0.113. The van der Waals surface area contributed by atoms with Crippen LogP contribution in [0.3, 0.4) is 0 Å². The summed E-state index contributed by atoms with van der Waals surface area (Å²) in [6.07, 6.45) is 1.58. The molecule has 154 valence electrons. The van der Waals surface area contributed by atoms with Crippen molar-refractivity contribution >= 4 is 40.0 Å². The van der Waals surface area contributed by atoms with E-state index in [-0.39, 0.29) is 23.6 Å². The molecule has 3 aromatic heterocycles. The van der Waals surface area contributed by atoms with E-state index in [1.807, 2.05) is 24.5 Å². The topological polar surface area (TPSA) is 106 Å². The molecule has 9 nitrogen and oxygen atoms in total. The van der Waals surface area contributed by atoms with Crippen LogP contribution in [0.4, 0.5) is 5.13 Å². The molecule has 3 aromatic rings. The summed E-state index contributed by atoms with van der Waals surface area (Å²) in [5.74, 6) is 1.02. The molecule has 0 fully saturated rings. The van der Waals surface area contributed by atoms with Gasteiger partial charge in [-0.15, -0.1) is 10.2 Å². The van der Waals surface area contributed by atoms with Gasteiger partial charge in [0.2, 0.25) is 11.7 Å². The van der Waals surface area contributed by atoms with E-state index >= 15 is 0 Å². The number of carbonyl (C=O) groups is 2. The third-order valence-corrected chi connectivity index (χ3v) is 5.90. The van der Waals surface area contributed by atoms with Crippen LogP contribution in [-0.2, 0) is 4.79 Å². The first kappa shape index (κ1) is 21.1. The number of thioether (sulfide) groups is 1. The first-order valence-electron chi connectivity index (χ1n) is 8.88. The second kappa shape index (κ2) is 8.78. The molecule has 0 spiro atoms. The highest BCUT2D eigenvalue weighted by Crippen LogP contribution is 2.28. The highest BCUT2D eigenvalue weighted by Gasteiger charge is 2.21. The largest absolute Gasteiger partial charge is 0.461 e. The van der Waals surface area contributed by atoms with Crippen LogP contribution in [0, 0.1) is 6.92 Å². The Hall–Kier alpha value is -2.66. The zero-order chi connectivity index (χ0) is 21.1. The molecule has 0 aliphatic carbocycles. The summed E-state index contributed by atoms with van der Waals surface area (Å²) < 4.78 is 7.36. The minimum Gasteiger partial charge on any atom is -0.461 e. The first-order chi connectivity index (χ1) is 13.8. The second-order valence-electron chi connectivity index (χ2n) is 6.72. The van der Waals surface area contributed by atoms with Gasteiger partial charge in [-0.1, -0.05) is 23.1 Å². The van der Waals surface area contributed by atoms with Gasteiger partial charge >= 0.3 is 0 Å². The molecule has 3 heterocycles. The molecule has 0 aliphatic heterocycles. The molecule has 0 atom stereocenters. The van der Waals surface area contributed by atoms with Crippen molar-refractivity contribution in [1.29, 1.82) is 0 Å². The molecule has 0 unspecified atom stereocenters. The molecule has 0 bridgehead atoms. The number of nitrogens with zero attached hydrogens (tertiary/aromatic N) is 5. The predicted octanol–water partition coefficient (Wildman–Crippen LogP) is 3.32. The highest BCUT2D eigenvalue weighted by atomic mass is 32.2. The number of thiazole rings is 1. The van der Waals surface area contributed by atoms with E-state index in [2.05, 4.69) is 20.5 Å². The summed E-state index contributed by atoms with van der Waals surface area (Å²) in [5, 5.41) is 12.2. The van der Waals surface area contributed by atoms with Crippen molar-refractivity contribution in [1.82, 2.24) is 24.6 Å². The standard InChI is InChI=1S/C18H22N6O3S2/c1-10(2)24-15(12-7-6-8-27-12)21-22-18(24)28-9-13(25)20-17-19-11(3)14(29-17)16(26)23(4)5/h6-8,10H,9H2,1-5H3,(H,19,20,25). The lowest BCUT2D eigenvalue weighted by Crippen LogP contribution is -2.21. The van der Waals surface area contributed by atoms with Gasteiger partial charge in [0.1, 0.15) is 4.88 Å². The fourth-order valence-corrected chi connectivity index (χ4v) is 4.42. The van der Waals surface area contributed by atoms with Crippen molar-refractivity contribution in [2.75, 3.05) is 25.2 Å². The third-order valence-electron chi connectivity index (χ3n) is 3.90. The molecular weight excluding hydrogens is 412 g/mol. The van der Waals surface area contributed by atoms with Crippen molar-refractivity contribution in [3.8, 4) is 11.6 Å². The molecule has 0 saturated carbocycles. The molecule has 11 heteroatoms. The number of nitrogens with one attached hydrogen (secondary N) is 1. The van der Waals surface area contributed by atoms with Gasteiger partial charge in [-0.05, 0) is 32.9 Å². The number of amides is 2. The van der Waals surface area contributed by atoms with Gasteiger partial charge in [0.15, 0.2) is 16.0 Å². The van der Waals surface area contributed by atoms with Crippen LogP contribution >= 0.6 is 23.1 Å². The Labute approximate surface area is 176 Å². The van der Waals surface area contributed by atoms with Crippen LogP contribution in [0.1, 0.15) is 35.3 Å². The average molecular weight is 435 g/mol. The van der Waals surface area contributed by atoms with E-state index in [0.717, 1.165) is 0 Å². The van der Waals surface area contributed by atoms with Crippen molar-refractivity contribution in [2.24, 2.45) is 0 Å². The second-order valence-corrected chi connectivity index (χ2v) is 8.66. The normalized spacial score (nSPS) is 11.1. The number of furan rings is 1. The molecule has 1 N–H and O–H groups in total. The van der Waals surface area contributed by atoms with E-state index in [0.29, 0.717) is 32.4 Å². The minimum atomic E-state index is -0.231. The summed E-state index contributed by atoms with van der Waals surface area (Å²) >= 11 is 2.45. The molecular formula is C18H22N6O3S2. The molecule has 0 saturated heterocycles. The fraction of sp³-hybridized carbons (Fsp3) is 0.389. The number of anilines is 1. The van der Waals surface area contributed by atoms with Gasteiger partial charge in [0.05, 0.1) is 17.7 Å². The third kappa shape index (κ3) is 4.67. The maximum Gasteiger partial charge on any atom is 0.265 e. The molecule has 0 aromatic carbocycles. The van der Waals surface area contributed by atoms with Crippen molar-refractivity contribution in [3.63, 3.8) is 0 Å². The highest BCUT2D eigenvalue weighted by molar-refractivity contribution is 7.99. The summed E-state index contributed by atoms with van der Waals surface area (Å²) in [7, 11) is 3.36. The Morgan fingerprint density at radius 2 is 2.10 bits per heavy atom. The van der Waals surface area contributed by atoms with Gasteiger partial charge in [-0.25, -0.2) is 4.98 Å². The van der Waals surface area contributed by atoms with Crippen LogP contribution in [0.15, 0.2) is 28.0 Å². The number of rotatable bonds is 7. The molecule has 29 heavy (non-hydrogen) atoms. The maximum absolute atomic E-state index is 12.4.